The molecule has 16 heteroatoms. The van der Waals surface area contributed by atoms with Gasteiger partial charge in [0.2, 0.25) is 0 Å². The summed E-state index contributed by atoms with van der Waals surface area (Å²) < 4.78 is 14.0. The maximum absolute atomic E-state index is 15.5. The number of fused-ring (bicyclic) bond motifs is 3. The molecule has 16 nitrogen and oxygen atoms in total. The molecule has 11 rings (SSSR count). The molecule has 7 aromatic carbocycles. The Hall–Kier alpha value is -10.8. The normalized spacial score (nSPS) is 13.3. The highest BCUT2D eigenvalue weighted by Crippen LogP contribution is 2.35. The summed E-state index contributed by atoms with van der Waals surface area (Å²) in [5.74, 6) is 4.47. The molecule has 0 fully saturated rings. The molecule has 0 aliphatic carbocycles. The van der Waals surface area contributed by atoms with E-state index < -0.39 is 17.5 Å². The smallest absolute Gasteiger partial charge is 0.330 e. The number of aryl methyl sites for hydroxylation is 2. The summed E-state index contributed by atoms with van der Waals surface area (Å²) >= 11 is 0. The Morgan fingerprint density at radius 3 is 1.32 bits per heavy atom. The molecule has 0 atom stereocenters. The number of ether oxygens (including phenoxy) is 2. The highest BCUT2D eigenvalue weighted by atomic mass is 16.5. The van der Waals surface area contributed by atoms with Gasteiger partial charge in [0.15, 0.2) is 5.60 Å². The summed E-state index contributed by atoms with van der Waals surface area (Å²) in [4.78, 5) is 112. The molecule has 7 amide bonds. The zero-order valence-electron chi connectivity index (χ0n) is 53.9. The van der Waals surface area contributed by atoms with Gasteiger partial charge in [-0.2, -0.15) is 0 Å². The average Bonchev–Trinajstić information content (AvgIpc) is 1.62. The van der Waals surface area contributed by atoms with E-state index in [1.807, 2.05) is 78.9 Å². The van der Waals surface area contributed by atoms with Gasteiger partial charge >= 0.3 is 5.97 Å². The fraction of sp³-hybridized carbons (Fsp3) is 0.275. The maximum atomic E-state index is 15.5. The Bertz CT molecular complexity index is 4040. The molecule has 0 unspecified atom stereocenters. The van der Waals surface area contributed by atoms with Gasteiger partial charge in [-0.25, -0.2) is 4.79 Å². The van der Waals surface area contributed by atoms with Crippen LogP contribution in [0.4, 0.5) is 5.69 Å². The summed E-state index contributed by atoms with van der Waals surface area (Å²) in [7, 11) is 0. The van der Waals surface area contributed by atoms with E-state index >= 15 is 4.79 Å². The van der Waals surface area contributed by atoms with Crippen molar-refractivity contribution in [1.29, 1.82) is 0 Å². The van der Waals surface area contributed by atoms with Crippen LogP contribution in [-0.2, 0) is 34.5 Å². The number of hydrogen-bond acceptors (Lipinski definition) is 11. The number of benzene rings is 7. The first kappa shape index (κ1) is 66.7. The van der Waals surface area contributed by atoms with Gasteiger partial charge in [-0.3, -0.25) is 48.3 Å². The zero-order chi connectivity index (χ0) is 67.0. The third-order valence-electron chi connectivity index (χ3n) is 17.8. The number of carbonyl (C=O) groups excluding carboxylic acids is 8. The Labute approximate surface area is 559 Å². The number of nitrogens with one attached hydrogen (secondary N) is 1. The van der Waals surface area contributed by atoms with E-state index in [-0.39, 0.29) is 54.3 Å². The monoisotopic (exact) mass is 1280 g/mol. The lowest BCUT2D eigenvalue weighted by molar-refractivity contribution is -0.137. The Morgan fingerprint density at radius 2 is 0.896 bits per heavy atom. The van der Waals surface area contributed by atoms with Gasteiger partial charge in [0, 0.05) is 54.6 Å². The number of unbranched alkanes of at least 4 members (excludes halogenated alkanes) is 9. The third kappa shape index (κ3) is 15.2. The van der Waals surface area contributed by atoms with Crippen LogP contribution >= 0.6 is 0 Å². The topological polar surface area (TPSA) is 202 Å². The largest absolute Gasteiger partial charge is 0.493 e. The number of esters is 1. The molecule has 0 saturated carbocycles. The van der Waals surface area contributed by atoms with Crippen molar-refractivity contribution in [3.8, 4) is 17.6 Å². The Kier molecular flexibility index (Phi) is 21.8. The second-order valence-corrected chi connectivity index (χ2v) is 24.3. The highest BCUT2D eigenvalue weighted by molar-refractivity contribution is 6.22. The van der Waals surface area contributed by atoms with Crippen molar-refractivity contribution in [2.45, 2.75) is 109 Å². The molecule has 0 saturated heterocycles. The highest BCUT2D eigenvalue weighted by Gasteiger charge is 2.37. The van der Waals surface area contributed by atoms with Gasteiger partial charge < -0.3 is 24.5 Å². The SMILES string of the molecule is CCOC(=O)/C=C/c1cc(C(=O)Nc2cc(CCCCCCN3C(=O)c4ccccc4C3=O)c(OCCCCCCN3C(=O)c4ccccc4C3=O)c(CCCCCCN3C(=O)c4ccccc4C3=O)c2)n(Cc2ccccc2)c1C#CC(O)(c1ccccc1)c1ccccc1. The van der Waals surface area contributed by atoms with Gasteiger partial charge in [-0.1, -0.05) is 172 Å². The molecular weight excluding hydrogens is 1210 g/mol. The van der Waals surface area contributed by atoms with Crippen LogP contribution in [0.2, 0.25) is 0 Å². The van der Waals surface area contributed by atoms with E-state index in [9.17, 15) is 38.7 Å². The van der Waals surface area contributed by atoms with Crippen molar-refractivity contribution >= 4 is 59.1 Å². The summed E-state index contributed by atoms with van der Waals surface area (Å²) in [6.45, 7) is 3.31. The lowest BCUT2D eigenvalue weighted by Gasteiger charge is -2.23. The molecule has 3 aliphatic heterocycles. The minimum Gasteiger partial charge on any atom is -0.493 e. The van der Waals surface area contributed by atoms with E-state index in [1.54, 1.807) is 121 Å². The number of aromatic nitrogens is 1. The average molecular weight is 1280 g/mol. The van der Waals surface area contributed by atoms with Crippen molar-refractivity contribution in [3.63, 3.8) is 0 Å². The molecule has 0 spiro atoms. The van der Waals surface area contributed by atoms with Gasteiger partial charge in [0.1, 0.15) is 17.1 Å². The van der Waals surface area contributed by atoms with Crippen LogP contribution in [0, 0.1) is 11.8 Å². The molecule has 3 aliphatic rings. The first-order valence-electron chi connectivity index (χ1n) is 33.3. The van der Waals surface area contributed by atoms with Crippen LogP contribution in [0.3, 0.4) is 0 Å². The third-order valence-corrected chi connectivity index (χ3v) is 17.8. The van der Waals surface area contributed by atoms with Gasteiger partial charge in [0.25, 0.3) is 41.4 Å². The van der Waals surface area contributed by atoms with Crippen molar-refractivity contribution < 1.29 is 52.9 Å². The van der Waals surface area contributed by atoms with E-state index in [1.165, 1.54) is 20.8 Å². The summed E-state index contributed by atoms with van der Waals surface area (Å²) in [5.41, 5.74) is 5.89. The summed E-state index contributed by atoms with van der Waals surface area (Å²) in [5, 5.41) is 16.0. The number of hydrogen-bond donors (Lipinski definition) is 2. The van der Waals surface area contributed by atoms with Gasteiger partial charge in [0.05, 0.1) is 46.6 Å². The quantitative estimate of drug-likeness (QED) is 0.0138. The van der Waals surface area contributed by atoms with Crippen LogP contribution < -0.4 is 10.1 Å². The van der Waals surface area contributed by atoms with Gasteiger partial charge in [-0.05, 0) is 142 Å². The standard InChI is InChI=1S/C80H77N5O11/c1-2-95-71(86)45-44-57-54-70(85(55-56-30-12-9-13-31-56)69(57)46-47-80(94,60-34-16-10-17-35-60)61-36-18-11-19-37-61)73(87)81-62-52-58(32-14-3-5-26-48-82-74(88)63-38-20-21-39-64(63)75(82)89)72(96-51-29-8-7-28-50-84-78(92)67-42-24-25-43-68(67)79(84)93)59(53-62)33-15-4-6-27-49-83-76(90)65-40-22-23-41-66(65)77(83)91/h9-13,16-25,30-31,34-45,52-54,94H,2-8,14-15,26-29,32-33,48-51,55H2,1H3,(H,81,87)/b45-44+. The number of carbonyl (C=O) groups is 8. The van der Waals surface area contributed by atoms with Crippen LogP contribution in [0.15, 0.2) is 188 Å². The first-order valence-corrected chi connectivity index (χ1v) is 33.3. The minimum absolute atomic E-state index is 0.147. The minimum atomic E-state index is -1.80. The van der Waals surface area contributed by atoms with E-state index in [0.717, 1.165) is 55.2 Å². The predicted molar refractivity (Wildman–Crippen MR) is 367 cm³/mol. The lowest BCUT2D eigenvalue weighted by Crippen LogP contribution is -2.30. The zero-order valence-corrected chi connectivity index (χ0v) is 53.9. The van der Waals surface area contributed by atoms with Crippen molar-refractivity contribution in [1.82, 2.24) is 19.3 Å². The van der Waals surface area contributed by atoms with Crippen LogP contribution in [0.25, 0.3) is 6.08 Å². The van der Waals surface area contributed by atoms with Crippen molar-refractivity contribution in [2.24, 2.45) is 0 Å². The predicted octanol–water partition coefficient (Wildman–Crippen LogP) is 13.7. The fourth-order valence-corrected chi connectivity index (χ4v) is 12.8. The van der Waals surface area contributed by atoms with E-state index in [2.05, 4.69) is 17.2 Å². The molecule has 0 radical (unpaired) electrons. The number of anilines is 1. The molecule has 0 bridgehead atoms. The summed E-state index contributed by atoms with van der Waals surface area (Å²) in [6.07, 6.45) is 12.4. The van der Waals surface area contributed by atoms with Crippen LogP contribution in [0.1, 0.15) is 196 Å². The molecular formula is C80H77N5O11. The number of imide groups is 3. The number of rotatable bonds is 31. The van der Waals surface area contributed by atoms with Crippen molar-refractivity contribution in [2.75, 3.05) is 38.2 Å². The molecule has 4 heterocycles. The maximum Gasteiger partial charge on any atom is 0.330 e. The second-order valence-electron chi connectivity index (χ2n) is 24.3. The van der Waals surface area contributed by atoms with E-state index in [0.29, 0.717) is 145 Å². The molecule has 1 aromatic heterocycles. The second kappa shape index (κ2) is 31.4. The molecule has 2 N–H and O–H groups in total. The number of nitrogens with zero attached hydrogens (tertiary/aromatic N) is 4. The van der Waals surface area contributed by atoms with Crippen molar-refractivity contribution in [3.05, 3.63) is 266 Å². The first-order chi connectivity index (χ1) is 46.8. The fourth-order valence-electron chi connectivity index (χ4n) is 12.8. The summed E-state index contributed by atoms with van der Waals surface area (Å²) in [6, 6.07) is 54.1. The number of aliphatic hydroxyl groups is 1. The molecule has 8 aromatic rings. The lowest BCUT2D eigenvalue weighted by atomic mass is 9.87. The van der Waals surface area contributed by atoms with Gasteiger partial charge in [-0.15, -0.1) is 0 Å². The Balaban J connectivity index is 0.888. The van der Waals surface area contributed by atoms with Crippen LogP contribution in [0.5, 0.6) is 5.75 Å². The van der Waals surface area contributed by atoms with E-state index in [4.69, 9.17) is 9.47 Å². The molecule has 488 valence electrons. The number of amides is 7. The van der Waals surface area contributed by atoms with Crippen LogP contribution in [-0.4, -0.2) is 105 Å². The Morgan fingerprint density at radius 1 is 0.500 bits per heavy atom. The molecule has 96 heavy (non-hydrogen) atoms.